The van der Waals surface area contributed by atoms with Crippen molar-refractivity contribution in [2.24, 2.45) is 0 Å². The van der Waals surface area contributed by atoms with Gasteiger partial charge < -0.3 is 8.83 Å². The monoisotopic (exact) mass is 747 g/mol. The molecular formula is C51H33N3O2Si. The summed E-state index contributed by atoms with van der Waals surface area (Å²) >= 11 is 0. The van der Waals surface area contributed by atoms with Crippen LogP contribution in [0.5, 0.6) is 0 Å². The second kappa shape index (κ2) is 13.4. The molecule has 11 rings (SSSR count). The van der Waals surface area contributed by atoms with Crippen LogP contribution < -0.4 is 20.7 Å². The van der Waals surface area contributed by atoms with Gasteiger partial charge in [0, 0.05) is 38.2 Å². The van der Waals surface area contributed by atoms with Crippen LogP contribution in [0.3, 0.4) is 0 Å². The third kappa shape index (κ3) is 5.41. The minimum atomic E-state index is -3.07. The van der Waals surface area contributed by atoms with Gasteiger partial charge in [-0.05, 0) is 45.0 Å². The quantitative estimate of drug-likeness (QED) is 0.120. The average molecular weight is 748 g/mol. The summed E-state index contributed by atoms with van der Waals surface area (Å²) in [5.74, 6) is 1.78. The Hall–Kier alpha value is -7.41. The predicted molar refractivity (Wildman–Crippen MR) is 234 cm³/mol. The van der Waals surface area contributed by atoms with Gasteiger partial charge >= 0.3 is 0 Å². The zero-order valence-corrected chi connectivity index (χ0v) is 31.7. The zero-order chi connectivity index (χ0) is 37.8. The van der Waals surface area contributed by atoms with Crippen LogP contribution in [0, 0.1) is 0 Å². The van der Waals surface area contributed by atoms with Gasteiger partial charge in [-0.3, -0.25) is 0 Å². The molecule has 0 amide bonds. The van der Waals surface area contributed by atoms with Gasteiger partial charge in [-0.25, -0.2) is 15.0 Å². The molecule has 0 unspecified atom stereocenters. The summed E-state index contributed by atoms with van der Waals surface area (Å²) in [6, 6.07) is 70.1. The fraction of sp³-hybridized carbons (Fsp3) is 0. The summed E-state index contributed by atoms with van der Waals surface area (Å²) in [7, 11) is -3.07. The van der Waals surface area contributed by atoms with Crippen LogP contribution >= 0.6 is 0 Å². The van der Waals surface area contributed by atoms with Gasteiger partial charge in [0.1, 0.15) is 22.3 Å². The number of rotatable bonds is 7. The van der Waals surface area contributed by atoms with E-state index in [1.54, 1.807) is 0 Å². The molecule has 3 aromatic heterocycles. The molecular weight excluding hydrogens is 715 g/mol. The van der Waals surface area contributed by atoms with Crippen LogP contribution in [0.2, 0.25) is 0 Å². The van der Waals surface area contributed by atoms with Crippen molar-refractivity contribution < 1.29 is 8.83 Å². The number of hydrogen-bond acceptors (Lipinski definition) is 5. The number of para-hydroxylation sites is 3. The van der Waals surface area contributed by atoms with E-state index in [0.29, 0.717) is 17.5 Å². The van der Waals surface area contributed by atoms with Gasteiger partial charge in [0.05, 0.1) is 0 Å². The largest absolute Gasteiger partial charge is 0.456 e. The summed E-state index contributed by atoms with van der Waals surface area (Å²) in [6.07, 6.45) is 0. The van der Waals surface area contributed by atoms with Gasteiger partial charge in [0.15, 0.2) is 25.5 Å². The summed E-state index contributed by atoms with van der Waals surface area (Å²) in [5, 5.41) is 9.24. The fourth-order valence-electron chi connectivity index (χ4n) is 8.49. The summed E-state index contributed by atoms with van der Waals surface area (Å²) in [6.45, 7) is 0. The zero-order valence-electron chi connectivity index (χ0n) is 30.7. The Morgan fingerprint density at radius 3 is 1.47 bits per heavy atom. The molecule has 6 heteroatoms. The lowest BCUT2D eigenvalue weighted by molar-refractivity contribution is 0.669. The molecule has 0 saturated carbocycles. The molecule has 268 valence electrons. The van der Waals surface area contributed by atoms with Crippen molar-refractivity contribution in [2.75, 3.05) is 0 Å². The molecule has 0 aliphatic heterocycles. The Morgan fingerprint density at radius 1 is 0.316 bits per heavy atom. The van der Waals surface area contributed by atoms with E-state index in [4.69, 9.17) is 23.8 Å². The highest BCUT2D eigenvalue weighted by Gasteiger charge is 2.44. The van der Waals surface area contributed by atoms with Crippen molar-refractivity contribution in [1.82, 2.24) is 15.0 Å². The van der Waals surface area contributed by atoms with E-state index in [1.165, 1.54) is 20.7 Å². The van der Waals surface area contributed by atoms with E-state index in [0.717, 1.165) is 60.6 Å². The molecule has 11 aromatic rings. The number of benzene rings is 8. The van der Waals surface area contributed by atoms with E-state index in [1.807, 2.05) is 60.7 Å². The Labute approximate surface area is 329 Å². The van der Waals surface area contributed by atoms with Crippen LogP contribution in [0.25, 0.3) is 78.0 Å². The van der Waals surface area contributed by atoms with Gasteiger partial charge in [0.25, 0.3) is 0 Å². The molecule has 0 aliphatic carbocycles. The summed E-state index contributed by atoms with van der Waals surface area (Å²) < 4.78 is 13.1. The maximum absolute atomic E-state index is 6.84. The maximum Gasteiger partial charge on any atom is 0.184 e. The minimum absolute atomic E-state index is 0.577. The van der Waals surface area contributed by atoms with Crippen LogP contribution in [-0.2, 0) is 0 Å². The molecule has 0 aliphatic rings. The molecule has 8 aromatic carbocycles. The lowest BCUT2D eigenvalue weighted by Crippen LogP contribution is -2.74. The smallest absolute Gasteiger partial charge is 0.184 e. The molecule has 3 heterocycles. The maximum atomic E-state index is 6.84. The molecule has 5 nitrogen and oxygen atoms in total. The molecule has 57 heavy (non-hydrogen) atoms. The first-order chi connectivity index (χ1) is 28.2. The van der Waals surface area contributed by atoms with Crippen LogP contribution in [0.15, 0.2) is 209 Å². The lowest BCUT2D eigenvalue weighted by atomic mass is 10.1. The van der Waals surface area contributed by atoms with E-state index in [-0.39, 0.29) is 0 Å². The Balaban J connectivity index is 1.16. The number of fused-ring (bicyclic) bond motifs is 6. The van der Waals surface area contributed by atoms with Gasteiger partial charge in [-0.1, -0.05) is 176 Å². The predicted octanol–water partition coefficient (Wildman–Crippen LogP) is 10.0. The highest BCUT2D eigenvalue weighted by molar-refractivity contribution is 7.20. The van der Waals surface area contributed by atoms with Crippen molar-refractivity contribution in [1.29, 1.82) is 0 Å². The Bertz CT molecular complexity index is 3210. The van der Waals surface area contributed by atoms with E-state index < -0.39 is 8.07 Å². The first kappa shape index (κ1) is 33.0. The fourth-order valence-corrected chi connectivity index (χ4v) is 13.4. The van der Waals surface area contributed by atoms with E-state index in [2.05, 4.69) is 140 Å². The van der Waals surface area contributed by atoms with Crippen LogP contribution in [0.4, 0.5) is 0 Å². The highest BCUT2D eigenvalue weighted by Crippen LogP contribution is 2.33. The number of nitrogens with zero attached hydrogens (tertiary/aromatic N) is 3. The molecule has 0 fully saturated rings. The molecule has 0 saturated heterocycles. The summed E-state index contributed by atoms with van der Waals surface area (Å²) in [4.78, 5) is 15.4. The molecule has 0 N–H and O–H groups in total. The van der Waals surface area contributed by atoms with Crippen LogP contribution in [-0.4, -0.2) is 23.0 Å². The van der Waals surface area contributed by atoms with Gasteiger partial charge in [-0.2, -0.15) is 0 Å². The highest BCUT2D eigenvalue weighted by atomic mass is 28.3. The Morgan fingerprint density at radius 2 is 0.789 bits per heavy atom. The first-order valence-electron chi connectivity index (χ1n) is 19.1. The molecule has 0 atom stereocenters. The SMILES string of the molecule is c1ccc(-c2nc(-c3cccc([Si](c4ccccc4)(c4ccccc4)c4cccc5c4oc4ccccc45)c3)nc(-c3ccc4c(c3)oc3ccccc34)n2)cc1. The summed E-state index contributed by atoms with van der Waals surface area (Å²) in [5.41, 5.74) is 6.11. The second-order valence-corrected chi connectivity index (χ2v) is 18.1. The van der Waals surface area contributed by atoms with E-state index in [9.17, 15) is 0 Å². The molecule has 0 radical (unpaired) electrons. The molecule has 0 spiro atoms. The standard InChI is InChI=1S/C51H33N3O2Si/c1-4-16-34(17-5-1)49-52-50(54-51(53-49)36-30-31-42-40-24-10-12-27-44(40)55-46(42)33-36)35-18-14-23-39(32-35)57(37-19-6-2-7-20-37,38-21-8-3-9-22-38)47-29-15-26-43-41-25-11-13-28-45(41)56-48(43)47/h1-33H. The van der Waals surface area contributed by atoms with Crippen molar-refractivity contribution >= 4 is 72.7 Å². The van der Waals surface area contributed by atoms with Crippen molar-refractivity contribution in [3.63, 3.8) is 0 Å². The number of furan rings is 2. The number of aromatic nitrogens is 3. The lowest BCUT2D eigenvalue weighted by Gasteiger charge is -2.34. The van der Waals surface area contributed by atoms with Gasteiger partial charge in [0.2, 0.25) is 0 Å². The third-order valence-electron chi connectivity index (χ3n) is 11.1. The van der Waals surface area contributed by atoms with Crippen molar-refractivity contribution in [2.45, 2.75) is 0 Å². The minimum Gasteiger partial charge on any atom is -0.456 e. The first-order valence-corrected chi connectivity index (χ1v) is 21.1. The normalized spacial score (nSPS) is 11.9. The second-order valence-electron chi connectivity index (χ2n) is 14.3. The third-order valence-corrected chi connectivity index (χ3v) is 15.9. The van der Waals surface area contributed by atoms with Crippen molar-refractivity contribution in [3.8, 4) is 34.2 Å². The van der Waals surface area contributed by atoms with Crippen molar-refractivity contribution in [3.05, 3.63) is 200 Å². The van der Waals surface area contributed by atoms with Crippen LogP contribution in [0.1, 0.15) is 0 Å². The van der Waals surface area contributed by atoms with E-state index >= 15 is 0 Å². The molecule has 0 bridgehead atoms. The topological polar surface area (TPSA) is 65.0 Å². The Kier molecular flexibility index (Phi) is 7.76. The average Bonchev–Trinajstić information content (AvgIpc) is 3.86. The van der Waals surface area contributed by atoms with Gasteiger partial charge in [-0.15, -0.1) is 0 Å². The number of hydrogen-bond donors (Lipinski definition) is 0.